The van der Waals surface area contributed by atoms with Gasteiger partial charge in [0.15, 0.2) is 0 Å². The zero-order chi connectivity index (χ0) is 10.6. The van der Waals surface area contributed by atoms with Crippen LogP contribution in [0.4, 0.5) is 0 Å². The van der Waals surface area contributed by atoms with Crippen LogP contribution in [0.1, 0.15) is 19.4 Å². The van der Waals surface area contributed by atoms with Gasteiger partial charge in [-0.3, -0.25) is 0 Å². The van der Waals surface area contributed by atoms with Crippen molar-refractivity contribution in [1.82, 2.24) is 9.71 Å². The van der Waals surface area contributed by atoms with Gasteiger partial charge in [-0.05, 0) is 17.5 Å². The molecule has 0 aliphatic heterocycles. The molecule has 0 saturated carbocycles. The Kier molecular flexibility index (Phi) is 3.71. The van der Waals surface area contributed by atoms with E-state index in [9.17, 15) is 8.42 Å². The maximum absolute atomic E-state index is 11.4. The Hall–Kier alpha value is -0.810. The van der Waals surface area contributed by atoms with Crippen LogP contribution >= 0.6 is 0 Å². The predicted molar refractivity (Wildman–Crippen MR) is 56.3 cm³/mol. The van der Waals surface area contributed by atoms with Crippen LogP contribution in [0.3, 0.4) is 0 Å². The minimum Gasteiger partial charge on any atom is -0.367 e. The summed E-state index contributed by atoms with van der Waals surface area (Å²) in [5.41, 5.74) is 0.942. The summed E-state index contributed by atoms with van der Waals surface area (Å²) in [5.74, 6) is 0.330. The molecule has 0 spiro atoms. The molecule has 80 valence electrons. The normalized spacial score (nSPS) is 12.2. The van der Waals surface area contributed by atoms with Crippen molar-refractivity contribution in [1.29, 1.82) is 0 Å². The van der Waals surface area contributed by atoms with E-state index in [0.717, 1.165) is 5.56 Å². The van der Waals surface area contributed by atoms with Crippen molar-refractivity contribution in [2.45, 2.75) is 20.4 Å². The largest absolute Gasteiger partial charge is 0.367 e. The molecular formula is C9H16N2O2S. The van der Waals surface area contributed by atoms with Crippen molar-refractivity contribution in [3.8, 4) is 0 Å². The number of hydrogen-bond donors (Lipinski definition) is 2. The van der Waals surface area contributed by atoms with Gasteiger partial charge < -0.3 is 4.98 Å². The van der Waals surface area contributed by atoms with Crippen LogP contribution in [-0.2, 0) is 16.6 Å². The third-order valence-corrected chi connectivity index (χ3v) is 3.40. The van der Waals surface area contributed by atoms with Gasteiger partial charge in [0.05, 0.1) is 5.75 Å². The number of H-pyrrole nitrogens is 1. The highest BCUT2D eigenvalue weighted by atomic mass is 32.2. The molecule has 0 aliphatic carbocycles. The number of aromatic amines is 1. The molecule has 5 heteroatoms. The summed E-state index contributed by atoms with van der Waals surface area (Å²) in [6, 6.07) is 1.85. The molecule has 1 aromatic heterocycles. The first-order valence-corrected chi connectivity index (χ1v) is 6.24. The topological polar surface area (TPSA) is 62.0 Å². The smallest absolute Gasteiger partial charge is 0.212 e. The van der Waals surface area contributed by atoms with Crippen molar-refractivity contribution in [3.63, 3.8) is 0 Å². The van der Waals surface area contributed by atoms with Crippen molar-refractivity contribution >= 4 is 10.0 Å². The standard InChI is InChI=1S/C9H16N2O2S/c1-8(2)7-14(12,13)11-6-9-3-4-10-5-9/h3-5,8,10-11H,6-7H2,1-2H3. The van der Waals surface area contributed by atoms with Crippen molar-refractivity contribution in [2.24, 2.45) is 5.92 Å². The Bertz CT molecular complexity index is 354. The average Bonchev–Trinajstić information content (AvgIpc) is 2.50. The molecule has 14 heavy (non-hydrogen) atoms. The second-order valence-electron chi connectivity index (χ2n) is 3.72. The lowest BCUT2D eigenvalue weighted by Gasteiger charge is -2.07. The highest BCUT2D eigenvalue weighted by Crippen LogP contribution is 2.00. The van der Waals surface area contributed by atoms with Crippen LogP contribution in [0, 0.1) is 5.92 Å². The molecule has 0 bridgehead atoms. The summed E-state index contributed by atoms with van der Waals surface area (Å²) < 4.78 is 25.4. The number of sulfonamides is 1. The molecule has 0 atom stereocenters. The Balaban J connectivity index is 2.45. The second-order valence-corrected chi connectivity index (χ2v) is 5.57. The molecule has 0 radical (unpaired) electrons. The van der Waals surface area contributed by atoms with Crippen molar-refractivity contribution in [3.05, 3.63) is 24.0 Å². The minimum atomic E-state index is -3.12. The van der Waals surface area contributed by atoms with Crippen LogP contribution in [-0.4, -0.2) is 19.2 Å². The second kappa shape index (κ2) is 4.61. The highest BCUT2D eigenvalue weighted by molar-refractivity contribution is 7.89. The molecule has 0 aromatic carbocycles. The van der Waals surface area contributed by atoms with E-state index in [1.165, 1.54) is 0 Å². The van der Waals surface area contributed by atoms with E-state index in [-0.39, 0.29) is 11.7 Å². The van der Waals surface area contributed by atoms with Gasteiger partial charge in [-0.1, -0.05) is 13.8 Å². The van der Waals surface area contributed by atoms with Crippen molar-refractivity contribution < 1.29 is 8.42 Å². The summed E-state index contributed by atoms with van der Waals surface area (Å²) in [5, 5.41) is 0. The number of aromatic nitrogens is 1. The quantitative estimate of drug-likeness (QED) is 0.774. The first-order chi connectivity index (χ1) is 6.49. The van der Waals surface area contributed by atoms with Gasteiger partial charge in [0, 0.05) is 18.9 Å². The van der Waals surface area contributed by atoms with Crippen LogP contribution in [0.15, 0.2) is 18.5 Å². The van der Waals surface area contributed by atoms with Crippen LogP contribution in [0.25, 0.3) is 0 Å². The van der Waals surface area contributed by atoms with Gasteiger partial charge in [-0.2, -0.15) is 0 Å². The fraction of sp³-hybridized carbons (Fsp3) is 0.556. The van der Waals surface area contributed by atoms with Crippen LogP contribution in [0.5, 0.6) is 0 Å². The number of rotatable bonds is 5. The van der Waals surface area contributed by atoms with Gasteiger partial charge in [0.2, 0.25) is 10.0 Å². The van der Waals surface area contributed by atoms with Crippen LogP contribution in [0.2, 0.25) is 0 Å². The summed E-state index contributed by atoms with van der Waals surface area (Å²) in [7, 11) is -3.12. The lowest BCUT2D eigenvalue weighted by Crippen LogP contribution is -2.27. The fourth-order valence-electron chi connectivity index (χ4n) is 1.16. The maximum atomic E-state index is 11.4. The zero-order valence-electron chi connectivity index (χ0n) is 8.45. The Morgan fingerprint density at radius 2 is 2.21 bits per heavy atom. The Morgan fingerprint density at radius 1 is 1.50 bits per heavy atom. The average molecular weight is 216 g/mol. The molecule has 0 saturated heterocycles. The van der Waals surface area contributed by atoms with Crippen molar-refractivity contribution in [2.75, 3.05) is 5.75 Å². The SMILES string of the molecule is CC(C)CS(=O)(=O)NCc1cc[nH]c1. The molecule has 0 aliphatic rings. The number of hydrogen-bond acceptors (Lipinski definition) is 2. The first-order valence-electron chi connectivity index (χ1n) is 4.58. The van der Waals surface area contributed by atoms with Gasteiger partial charge in [-0.15, -0.1) is 0 Å². The minimum absolute atomic E-state index is 0.152. The van der Waals surface area contributed by atoms with E-state index in [1.807, 2.05) is 19.9 Å². The third kappa shape index (κ3) is 3.93. The molecule has 2 N–H and O–H groups in total. The van der Waals surface area contributed by atoms with E-state index < -0.39 is 10.0 Å². The molecular weight excluding hydrogens is 200 g/mol. The Morgan fingerprint density at radius 3 is 2.71 bits per heavy atom. The molecule has 0 fully saturated rings. The van der Waals surface area contributed by atoms with E-state index >= 15 is 0 Å². The molecule has 0 unspecified atom stereocenters. The summed E-state index contributed by atoms with van der Waals surface area (Å²) in [6.45, 7) is 4.13. The molecule has 1 aromatic rings. The van der Waals surface area contributed by atoms with Gasteiger partial charge in [0.1, 0.15) is 0 Å². The van der Waals surface area contributed by atoms with E-state index in [0.29, 0.717) is 6.54 Å². The first kappa shape index (κ1) is 11.3. The maximum Gasteiger partial charge on any atom is 0.212 e. The van der Waals surface area contributed by atoms with E-state index in [2.05, 4.69) is 9.71 Å². The van der Waals surface area contributed by atoms with Gasteiger partial charge in [0.25, 0.3) is 0 Å². The number of nitrogens with one attached hydrogen (secondary N) is 2. The van der Waals surface area contributed by atoms with Gasteiger partial charge in [-0.25, -0.2) is 13.1 Å². The zero-order valence-corrected chi connectivity index (χ0v) is 9.26. The summed E-state index contributed by atoms with van der Waals surface area (Å²) in [6.07, 6.45) is 3.55. The summed E-state index contributed by atoms with van der Waals surface area (Å²) in [4.78, 5) is 2.87. The predicted octanol–water partition coefficient (Wildman–Crippen LogP) is 1.09. The molecule has 4 nitrogen and oxygen atoms in total. The lowest BCUT2D eigenvalue weighted by molar-refractivity contribution is 0.568. The van der Waals surface area contributed by atoms with Crippen LogP contribution < -0.4 is 4.72 Å². The lowest BCUT2D eigenvalue weighted by atomic mass is 10.3. The Labute approximate surface area is 84.8 Å². The fourth-order valence-corrected chi connectivity index (χ4v) is 2.54. The van der Waals surface area contributed by atoms with E-state index in [4.69, 9.17) is 0 Å². The van der Waals surface area contributed by atoms with E-state index in [1.54, 1.807) is 12.4 Å². The monoisotopic (exact) mass is 216 g/mol. The molecule has 1 rings (SSSR count). The molecule has 0 amide bonds. The highest BCUT2D eigenvalue weighted by Gasteiger charge is 2.11. The summed E-state index contributed by atoms with van der Waals surface area (Å²) >= 11 is 0. The van der Waals surface area contributed by atoms with Gasteiger partial charge >= 0.3 is 0 Å². The molecule has 1 heterocycles. The third-order valence-electron chi connectivity index (χ3n) is 1.71.